The van der Waals surface area contributed by atoms with E-state index in [1.807, 2.05) is 11.3 Å². The molecule has 0 spiro atoms. The number of anilines is 1. The number of hydrogen-bond acceptors (Lipinski definition) is 5. The zero-order valence-corrected chi connectivity index (χ0v) is 14.3. The highest BCUT2D eigenvalue weighted by Crippen LogP contribution is 2.26. The summed E-state index contributed by atoms with van der Waals surface area (Å²) in [5.74, 6) is 0.684. The molecule has 0 aliphatic heterocycles. The molecule has 0 unspecified atom stereocenters. The molecule has 0 aromatic carbocycles. The van der Waals surface area contributed by atoms with Crippen LogP contribution in [0.5, 0.6) is 0 Å². The van der Waals surface area contributed by atoms with E-state index in [1.54, 1.807) is 7.11 Å². The van der Waals surface area contributed by atoms with Crippen LogP contribution in [0, 0.1) is 5.92 Å². The topological polar surface area (TPSA) is 37.4 Å². The summed E-state index contributed by atoms with van der Waals surface area (Å²) in [5, 5.41) is 4.64. The lowest BCUT2D eigenvalue weighted by Gasteiger charge is -2.14. The van der Waals surface area contributed by atoms with E-state index in [0.29, 0.717) is 5.92 Å². The summed E-state index contributed by atoms with van der Waals surface area (Å²) < 4.78 is 5.10. The van der Waals surface area contributed by atoms with Gasteiger partial charge in [-0.05, 0) is 25.3 Å². The Balaban J connectivity index is 2.58. The van der Waals surface area contributed by atoms with Crippen molar-refractivity contribution >= 4 is 16.5 Å². The van der Waals surface area contributed by atoms with Crippen LogP contribution in [0.1, 0.15) is 37.8 Å². The van der Waals surface area contributed by atoms with Crippen LogP contribution in [-0.4, -0.2) is 38.8 Å². The molecule has 0 atom stereocenters. The number of methoxy groups -OCH3 is 1. The number of aryl methyl sites for hydroxylation is 1. The third-order valence-electron chi connectivity index (χ3n) is 3.11. The molecular weight excluding hydrogens is 270 g/mol. The van der Waals surface area contributed by atoms with E-state index in [-0.39, 0.29) is 0 Å². The van der Waals surface area contributed by atoms with Crippen molar-refractivity contribution in [2.75, 3.05) is 38.8 Å². The minimum absolute atomic E-state index is 0.684. The summed E-state index contributed by atoms with van der Waals surface area (Å²) in [6.07, 6.45) is 2.04. The van der Waals surface area contributed by atoms with Crippen molar-refractivity contribution in [1.29, 1.82) is 0 Å². The highest BCUT2D eigenvalue weighted by Gasteiger charge is 2.12. The van der Waals surface area contributed by atoms with Gasteiger partial charge < -0.3 is 15.0 Å². The maximum Gasteiger partial charge on any atom is 0.185 e. The minimum atomic E-state index is 0.684. The molecule has 0 amide bonds. The molecule has 0 aliphatic carbocycles. The summed E-state index contributed by atoms with van der Waals surface area (Å²) in [7, 11) is 3.86. The summed E-state index contributed by atoms with van der Waals surface area (Å²) in [6, 6.07) is 0. The van der Waals surface area contributed by atoms with Crippen molar-refractivity contribution in [2.24, 2.45) is 5.92 Å². The summed E-state index contributed by atoms with van der Waals surface area (Å²) in [5.41, 5.74) is 1.24. The van der Waals surface area contributed by atoms with Gasteiger partial charge >= 0.3 is 0 Å². The lowest BCUT2D eigenvalue weighted by molar-refractivity contribution is 0.196. The van der Waals surface area contributed by atoms with Gasteiger partial charge in [0.05, 0.1) is 5.69 Å². The quantitative estimate of drug-likeness (QED) is 0.674. The number of thiazole rings is 1. The predicted octanol–water partition coefficient (Wildman–Crippen LogP) is 2.92. The van der Waals surface area contributed by atoms with Crippen LogP contribution in [0.2, 0.25) is 0 Å². The maximum atomic E-state index is 5.10. The Morgan fingerprint density at radius 2 is 2.15 bits per heavy atom. The van der Waals surface area contributed by atoms with Crippen molar-refractivity contribution in [3.8, 4) is 0 Å². The Morgan fingerprint density at radius 3 is 2.75 bits per heavy atom. The van der Waals surface area contributed by atoms with Crippen molar-refractivity contribution < 1.29 is 4.74 Å². The number of nitrogens with zero attached hydrogens (tertiary/aromatic N) is 2. The van der Waals surface area contributed by atoms with Gasteiger partial charge in [0.2, 0.25) is 0 Å². The van der Waals surface area contributed by atoms with E-state index in [1.165, 1.54) is 10.6 Å². The first-order valence-electron chi connectivity index (χ1n) is 7.47. The minimum Gasteiger partial charge on any atom is -0.385 e. The molecule has 0 bridgehead atoms. The Hall–Kier alpha value is -0.650. The van der Waals surface area contributed by atoms with Crippen molar-refractivity contribution in [1.82, 2.24) is 10.3 Å². The van der Waals surface area contributed by atoms with Crippen LogP contribution in [0.15, 0.2) is 0 Å². The fraction of sp³-hybridized carbons (Fsp3) is 0.800. The van der Waals surface area contributed by atoms with Gasteiger partial charge in [-0.15, -0.1) is 11.3 Å². The normalized spacial score (nSPS) is 11.3. The van der Waals surface area contributed by atoms with Crippen LogP contribution >= 0.6 is 11.3 Å². The molecule has 1 N–H and O–H groups in total. The second kappa shape index (κ2) is 9.32. The molecule has 4 nitrogen and oxygen atoms in total. The van der Waals surface area contributed by atoms with Crippen molar-refractivity contribution in [3.63, 3.8) is 0 Å². The van der Waals surface area contributed by atoms with E-state index >= 15 is 0 Å². The van der Waals surface area contributed by atoms with Gasteiger partial charge in [-0.3, -0.25) is 0 Å². The molecule has 1 rings (SSSR count). The molecule has 1 heterocycles. The van der Waals surface area contributed by atoms with E-state index in [9.17, 15) is 0 Å². The first kappa shape index (κ1) is 17.4. The molecule has 0 aliphatic rings. The first-order valence-corrected chi connectivity index (χ1v) is 8.29. The third-order valence-corrected chi connectivity index (χ3v) is 4.32. The lowest BCUT2D eigenvalue weighted by Crippen LogP contribution is -2.19. The van der Waals surface area contributed by atoms with Gasteiger partial charge in [-0.25, -0.2) is 4.98 Å². The molecule has 20 heavy (non-hydrogen) atoms. The van der Waals surface area contributed by atoms with E-state index in [0.717, 1.165) is 44.2 Å². The number of hydrogen-bond donors (Lipinski definition) is 1. The lowest BCUT2D eigenvalue weighted by atomic mass is 10.2. The molecule has 0 radical (unpaired) electrons. The summed E-state index contributed by atoms with van der Waals surface area (Å²) >= 11 is 1.81. The predicted molar refractivity (Wildman–Crippen MR) is 87.8 cm³/mol. The molecule has 0 saturated heterocycles. The molecule has 0 saturated carbocycles. The van der Waals surface area contributed by atoms with Crippen LogP contribution in [0.4, 0.5) is 5.13 Å². The zero-order chi connectivity index (χ0) is 15.0. The second-order valence-corrected chi connectivity index (χ2v) is 6.57. The Kier molecular flexibility index (Phi) is 8.11. The fourth-order valence-electron chi connectivity index (χ4n) is 1.96. The summed E-state index contributed by atoms with van der Waals surface area (Å²) in [4.78, 5) is 8.38. The smallest absolute Gasteiger partial charge is 0.185 e. The van der Waals surface area contributed by atoms with Crippen molar-refractivity contribution in [2.45, 2.75) is 40.2 Å². The monoisotopic (exact) mass is 299 g/mol. The third kappa shape index (κ3) is 5.77. The SMILES string of the molecule is CCc1nc(N(C)CCCOC)sc1CNCC(C)C. The van der Waals surface area contributed by atoms with Crippen molar-refractivity contribution in [3.05, 3.63) is 10.6 Å². The van der Waals surface area contributed by atoms with Crippen LogP contribution in [0.25, 0.3) is 0 Å². The Labute approximate surface area is 127 Å². The Morgan fingerprint density at radius 1 is 1.40 bits per heavy atom. The molecule has 5 heteroatoms. The van der Waals surface area contributed by atoms with Gasteiger partial charge in [0.15, 0.2) is 5.13 Å². The first-order chi connectivity index (χ1) is 9.58. The average Bonchev–Trinajstić information content (AvgIpc) is 2.82. The van der Waals surface area contributed by atoms with Gasteiger partial charge in [0.25, 0.3) is 0 Å². The zero-order valence-electron chi connectivity index (χ0n) is 13.5. The fourth-order valence-corrected chi connectivity index (χ4v) is 3.07. The standard InChI is InChI=1S/C15H29N3OS/c1-6-13-14(11-16-10-12(2)3)20-15(17-13)18(4)8-7-9-19-5/h12,16H,6-11H2,1-5H3. The van der Waals surface area contributed by atoms with Gasteiger partial charge in [-0.1, -0.05) is 20.8 Å². The summed E-state index contributed by atoms with van der Waals surface area (Å²) in [6.45, 7) is 10.4. The molecule has 1 aromatic rings. The van der Waals surface area contributed by atoms with E-state index in [4.69, 9.17) is 9.72 Å². The highest BCUT2D eigenvalue weighted by molar-refractivity contribution is 7.15. The van der Waals surface area contributed by atoms with E-state index < -0.39 is 0 Å². The van der Waals surface area contributed by atoms with Gasteiger partial charge in [0.1, 0.15) is 0 Å². The molecule has 0 fully saturated rings. The number of aromatic nitrogens is 1. The van der Waals surface area contributed by atoms with Gasteiger partial charge in [0, 0.05) is 38.7 Å². The largest absolute Gasteiger partial charge is 0.385 e. The molecule has 116 valence electrons. The molecular formula is C15H29N3OS. The van der Waals surface area contributed by atoms with E-state index in [2.05, 4.69) is 38.0 Å². The molecule has 1 aromatic heterocycles. The van der Waals surface area contributed by atoms with Crippen LogP contribution < -0.4 is 10.2 Å². The Bertz CT molecular complexity index is 379. The van der Waals surface area contributed by atoms with Gasteiger partial charge in [-0.2, -0.15) is 0 Å². The van der Waals surface area contributed by atoms with Crippen LogP contribution in [-0.2, 0) is 17.7 Å². The number of ether oxygens (including phenoxy) is 1. The maximum absolute atomic E-state index is 5.10. The highest BCUT2D eigenvalue weighted by atomic mass is 32.1. The number of rotatable bonds is 10. The average molecular weight is 299 g/mol. The second-order valence-electron chi connectivity index (χ2n) is 5.51. The van der Waals surface area contributed by atoms with Crippen LogP contribution in [0.3, 0.4) is 0 Å². The number of nitrogens with one attached hydrogen (secondary N) is 1.